The highest BCUT2D eigenvalue weighted by Crippen LogP contribution is 2.32. The van der Waals surface area contributed by atoms with Crippen molar-refractivity contribution < 1.29 is 32.7 Å². The van der Waals surface area contributed by atoms with Crippen LogP contribution in [0.5, 0.6) is 5.75 Å². The third-order valence-corrected chi connectivity index (χ3v) is 4.86. The lowest BCUT2D eigenvalue weighted by molar-refractivity contribution is -0.384. The Morgan fingerprint density at radius 2 is 1.82 bits per heavy atom. The van der Waals surface area contributed by atoms with E-state index >= 15 is 0 Å². The van der Waals surface area contributed by atoms with Crippen LogP contribution in [0.2, 0.25) is 5.02 Å². The quantitative estimate of drug-likeness (QED) is 0.381. The van der Waals surface area contributed by atoms with Gasteiger partial charge in [-0.25, -0.2) is 4.79 Å². The van der Waals surface area contributed by atoms with Crippen molar-refractivity contribution in [2.75, 3.05) is 0 Å². The average molecular weight is 483 g/mol. The molecule has 8 nitrogen and oxygen atoms in total. The van der Waals surface area contributed by atoms with E-state index in [1.807, 2.05) is 0 Å². The number of hydrogen-bond acceptors (Lipinski definition) is 5. The summed E-state index contributed by atoms with van der Waals surface area (Å²) in [6, 6.07) is 9.43. The number of carbonyl (C=O) groups is 1. The summed E-state index contributed by atoms with van der Waals surface area (Å²) in [7, 11) is 0. The van der Waals surface area contributed by atoms with Gasteiger partial charge in [0.2, 0.25) is 0 Å². The third-order valence-electron chi connectivity index (χ3n) is 4.62. The smallest absolute Gasteiger partial charge is 0.480 e. The van der Waals surface area contributed by atoms with Gasteiger partial charge in [0.25, 0.3) is 11.2 Å². The summed E-state index contributed by atoms with van der Waals surface area (Å²) in [5, 5.41) is 21.1. The Kier molecular flexibility index (Phi) is 6.73. The van der Waals surface area contributed by atoms with Crippen molar-refractivity contribution in [2.24, 2.45) is 0 Å². The molecule has 0 aliphatic carbocycles. The number of carboxylic acids is 1. The Morgan fingerprint density at radius 3 is 2.36 bits per heavy atom. The Hall–Kier alpha value is -3.86. The highest BCUT2D eigenvalue weighted by atomic mass is 35.5. The molecular weight excluding hydrogens is 469 g/mol. The molecule has 0 spiro atoms. The van der Waals surface area contributed by atoms with E-state index in [0.717, 1.165) is 22.8 Å². The highest BCUT2D eigenvalue weighted by molar-refractivity contribution is 6.31. The number of halogens is 4. The standard InChI is InChI=1S/C21H14ClF3N2O6/c22-14-3-6-17(27(31)32)16(11-14)13-7-8-26(19(28)10-13)18(20(29)30)9-12-1-4-15(5-2-12)33-21(23,24)25/h1-8,10-11,18H,9H2,(H,29,30). The molecule has 172 valence electrons. The number of ether oxygens (including phenoxy) is 1. The van der Waals surface area contributed by atoms with E-state index < -0.39 is 34.6 Å². The normalized spacial score (nSPS) is 12.2. The maximum absolute atomic E-state index is 12.7. The molecule has 0 saturated carbocycles. The largest absolute Gasteiger partial charge is 0.573 e. The van der Waals surface area contributed by atoms with E-state index in [-0.39, 0.29) is 28.3 Å². The molecule has 33 heavy (non-hydrogen) atoms. The second-order valence-electron chi connectivity index (χ2n) is 6.83. The van der Waals surface area contributed by atoms with E-state index in [9.17, 15) is 38.0 Å². The van der Waals surface area contributed by atoms with Gasteiger partial charge in [0.15, 0.2) is 0 Å². The second kappa shape index (κ2) is 9.33. The number of nitrogens with zero attached hydrogens (tertiary/aromatic N) is 2. The van der Waals surface area contributed by atoms with Gasteiger partial charge >= 0.3 is 12.3 Å². The van der Waals surface area contributed by atoms with Gasteiger partial charge < -0.3 is 14.4 Å². The van der Waals surface area contributed by atoms with Crippen molar-refractivity contribution in [3.05, 3.63) is 91.8 Å². The van der Waals surface area contributed by atoms with Crippen molar-refractivity contribution in [3.8, 4) is 16.9 Å². The van der Waals surface area contributed by atoms with Crippen LogP contribution in [0, 0.1) is 10.1 Å². The van der Waals surface area contributed by atoms with Crippen LogP contribution >= 0.6 is 11.6 Å². The molecule has 3 aromatic rings. The minimum Gasteiger partial charge on any atom is -0.480 e. The van der Waals surface area contributed by atoms with Gasteiger partial charge in [0.05, 0.1) is 10.5 Å². The molecule has 12 heteroatoms. The summed E-state index contributed by atoms with van der Waals surface area (Å²) in [5.41, 5.74) is -0.427. The van der Waals surface area contributed by atoms with Crippen LogP contribution < -0.4 is 10.3 Å². The number of nitro groups is 1. The first-order chi connectivity index (χ1) is 15.4. The Balaban J connectivity index is 1.91. The van der Waals surface area contributed by atoms with Crippen LogP contribution in [0.15, 0.2) is 65.6 Å². The Bertz CT molecular complexity index is 1260. The zero-order valence-corrected chi connectivity index (χ0v) is 17.2. The van der Waals surface area contributed by atoms with Gasteiger partial charge in [-0.2, -0.15) is 0 Å². The molecule has 1 heterocycles. The van der Waals surface area contributed by atoms with Gasteiger partial charge in [-0.1, -0.05) is 23.7 Å². The number of rotatable bonds is 7. The van der Waals surface area contributed by atoms with Crippen molar-refractivity contribution >= 4 is 23.3 Å². The molecule has 0 fully saturated rings. The molecule has 1 N–H and O–H groups in total. The molecule has 0 aliphatic rings. The first-order valence-electron chi connectivity index (χ1n) is 9.18. The zero-order valence-electron chi connectivity index (χ0n) is 16.5. The zero-order chi connectivity index (χ0) is 24.3. The van der Waals surface area contributed by atoms with Crippen molar-refractivity contribution in [3.63, 3.8) is 0 Å². The number of hydrogen-bond donors (Lipinski definition) is 1. The van der Waals surface area contributed by atoms with Crippen LogP contribution in [0.3, 0.4) is 0 Å². The van der Waals surface area contributed by atoms with Crippen LogP contribution in [0.4, 0.5) is 18.9 Å². The predicted molar refractivity (Wildman–Crippen MR) is 111 cm³/mol. The molecule has 0 aliphatic heterocycles. The summed E-state index contributed by atoms with van der Waals surface area (Å²) in [4.78, 5) is 35.1. The molecule has 0 bridgehead atoms. The summed E-state index contributed by atoms with van der Waals surface area (Å²) >= 11 is 5.92. The van der Waals surface area contributed by atoms with Crippen LogP contribution in [-0.2, 0) is 11.2 Å². The molecule has 0 amide bonds. The summed E-state index contributed by atoms with van der Waals surface area (Å²) in [6.07, 6.45) is -3.89. The monoisotopic (exact) mass is 482 g/mol. The molecule has 1 atom stereocenters. The number of nitro benzene ring substituents is 1. The highest BCUT2D eigenvalue weighted by Gasteiger charge is 2.31. The molecule has 0 saturated heterocycles. The fraction of sp³-hybridized carbons (Fsp3) is 0.143. The second-order valence-corrected chi connectivity index (χ2v) is 7.27. The number of aliphatic carboxylic acids is 1. The van der Waals surface area contributed by atoms with E-state index in [4.69, 9.17) is 11.6 Å². The van der Waals surface area contributed by atoms with Crippen LogP contribution in [0.1, 0.15) is 11.6 Å². The minimum absolute atomic E-state index is 0.0869. The molecular formula is C21H14ClF3N2O6. The van der Waals surface area contributed by atoms with Gasteiger partial charge in [0.1, 0.15) is 11.8 Å². The first kappa shape index (κ1) is 23.8. The average Bonchev–Trinajstić information content (AvgIpc) is 2.72. The lowest BCUT2D eigenvalue weighted by Crippen LogP contribution is -2.30. The van der Waals surface area contributed by atoms with E-state index in [1.54, 1.807) is 0 Å². The van der Waals surface area contributed by atoms with Crippen LogP contribution in [0.25, 0.3) is 11.1 Å². The maximum Gasteiger partial charge on any atom is 0.573 e. The van der Waals surface area contributed by atoms with E-state index in [2.05, 4.69) is 4.74 Å². The van der Waals surface area contributed by atoms with Gasteiger partial charge in [-0.15, -0.1) is 13.2 Å². The number of carboxylic acid groups (broad SMARTS) is 1. The summed E-state index contributed by atoms with van der Waals surface area (Å²) in [5.74, 6) is -1.82. The predicted octanol–water partition coefficient (Wildman–Crippen LogP) is 4.84. The lowest BCUT2D eigenvalue weighted by atomic mass is 10.0. The Labute approximate surface area is 188 Å². The Morgan fingerprint density at radius 1 is 1.15 bits per heavy atom. The molecule has 1 unspecified atom stereocenters. The van der Waals surface area contributed by atoms with Crippen molar-refractivity contribution in [2.45, 2.75) is 18.8 Å². The maximum atomic E-state index is 12.7. The number of alkyl halides is 3. The lowest BCUT2D eigenvalue weighted by Gasteiger charge is -2.17. The minimum atomic E-state index is -4.86. The number of aromatic nitrogens is 1. The molecule has 3 rings (SSSR count). The SMILES string of the molecule is O=C(O)C(Cc1ccc(OC(F)(F)F)cc1)n1ccc(-c2cc(Cl)ccc2[N+](=O)[O-])cc1=O. The van der Waals surface area contributed by atoms with Gasteiger partial charge in [-0.3, -0.25) is 14.9 Å². The first-order valence-corrected chi connectivity index (χ1v) is 9.56. The van der Waals surface area contributed by atoms with Crippen molar-refractivity contribution in [1.82, 2.24) is 4.57 Å². The van der Waals surface area contributed by atoms with E-state index in [0.29, 0.717) is 5.56 Å². The molecule has 0 radical (unpaired) electrons. The topological polar surface area (TPSA) is 112 Å². The number of pyridine rings is 1. The van der Waals surface area contributed by atoms with Crippen molar-refractivity contribution in [1.29, 1.82) is 0 Å². The number of benzene rings is 2. The van der Waals surface area contributed by atoms with E-state index in [1.165, 1.54) is 42.6 Å². The fourth-order valence-electron chi connectivity index (χ4n) is 3.17. The fourth-order valence-corrected chi connectivity index (χ4v) is 3.34. The molecule has 2 aromatic carbocycles. The van der Waals surface area contributed by atoms with Gasteiger partial charge in [0, 0.05) is 29.8 Å². The molecule has 1 aromatic heterocycles. The summed E-state index contributed by atoms with van der Waals surface area (Å²) < 4.78 is 41.6. The van der Waals surface area contributed by atoms with Gasteiger partial charge in [-0.05, 0) is 41.5 Å². The summed E-state index contributed by atoms with van der Waals surface area (Å²) in [6.45, 7) is 0. The van der Waals surface area contributed by atoms with Crippen LogP contribution in [-0.4, -0.2) is 26.9 Å². The third kappa shape index (κ3) is 5.89.